The highest BCUT2D eigenvalue weighted by molar-refractivity contribution is 8.09. The van der Waals surface area contributed by atoms with Crippen LogP contribution in [-0.4, -0.2) is 60.4 Å². The number of aliphatic hydroxyl groups excluding tert-OH is 1. The highest BCUT2D eigenvalue weighted by atomic mass is 32.2. The van der Waals surface area contributed by atoms with E-state index in [9.17, 15) is 9.90 Å². The minimum atomic E-state index is -0.524. The minimum absolute atomic E-state index is 0.234. The van der Waals surface area contributed by atoms with Crippen molar-refractivity contribution < 1.29 is 28.3 Å². The number of aliphatic hydroxyl groups is 1. The largest absolute Gasteiger partial charge is 0.493 e. The quantitative estimate of drug-likeness (QED) is 0.240. The van der Waals surface area contributed by atoms with Gasteiger partial charge >= 0.3 is 5.30 Å². The van der Waals surface area contributed by atoms with Crippen LogP contribution in [-0.2, 0) is 15.3 Å². The molecule has 1 N–H and O–H groups in total. The normalized spacial score (nSPS) is 21.8. The number of piperidine rings is 1. The van der Waals surface area contributed by atoms with E-state index in [-0.39, 0.29) is 12.1 Å². The van der Waals surface area contributed by atoms with Gasteiger partial charge in [0.05, 0.1) is 26.4 Å². The molecular formula is C27H45NO6S. The molecule has 3 rings (SSSR count). The molecule has 35 heavy (non-hydrogen) atoms. The average Bonchev–Trinajstić information content (AvgIpc) is 2.81. The Balaban J connectivity index is 0.00000210. The third kappa shape index (κ3) is 8.85. The van der Waals surface area contributed by atoms with Crippen molar-refractivity contribution >= 4 is 17.3 Å². The molecule has 2 aliphatic heterocycles. The third-order valence-electron chi connectivity index (χ3n) is 6.18. The van der Waals surface area contributed by atoms with E-state index in [0.717, 1.165) is 56.6 Å². The molecule has 8 heteroatoms. The number of fused-ring (bicyclic) bond motifs is 3. The molecule has 0 bridgehead atoms. The van der Waals surface area contributed by atoms with Gasteiger partial charge in [0.1, 0.15) is 17.6 Å². The molecule has 1 fully saturated rings. The van der Waals surface area contributed by atoms with Gasteiger partial charge in [0.2, 0.25) is 0 Å². The Bertz CT molecular complexity index is 797. The Labute approximate surface area is 216 Å². The predicted octanol–water partition coefficient (Wildman–Crippen LogP) is 6.17. The van der Waals surface area contributed by atoms with E-state index in [0.29, 0.717) is 31.3 Å². The maximum atomic E-state index is 11.7. The van der Waals surface area contributed by atoms with Gasteiger partial charge in [-0.25, -0.2) is 4.79 Å². The molecule has 3 unspecified atom stereocenters. The molecule has 200 valence electrons. The van der Waals surface area contributed by atoms with Crippen molar-refractivity contribution in [2.45, 2.75) is 91.4 Å². The minimum Gasteiger partial charge on any atom is -0.493 e. The lowest BCUT2D eigenvalue weighted by Crippen LogP contribution is -2.47. The molecule has 0 aromatic heterocycles. The predicted molar refractivity (Wildman–Crippen MR) is 141 cm³/mol. The Kier molecular flexibility index (Phi) is 12.2. The zero-order valence-corrected chi connectivity index (χ0v) is 23.4. The van der Waals surface area contributed by atoms with E-state index in [2.05, 4.69) is 24.0 Å². The maximum Gasteiger partial charge on any atom is 0.395 e. The number of carbonyl (C=O) groups excluding carboxylic acids is 1. The van der Waals surface area contributed by atoms with E-state index in [4.69, 9.17) is 18.4 Å². The molecule has 0 aliphatic carbocycles. The summed E-state index contributed by atoms with van der Waals surface area (Å²) in [4.78, 5) is 14.2. The van der Waals surface area contributed by atoms with Crippen molar-refractivity contribution in [2.75, 3.05) is 33.4 Å². The average molecular weight is 512 g/mol. The fourth-order valence-corrected chi connectivity index (χ4v) is 5.26. The number of carbonyl (C=O) groups is 1. The third-order valence-corrected chi connectivity index (χ3v) is 6.68. The fraction of sp³-hybridized carbons (Fsp3) is 0.741. The van der Waals surface area contributed by atoms with E-state index in [1.807, 2.05) is 34.6 Å². The summed E-state index contributed by atoms with van der Waals surface area (Å²) in [6.45, 7) is 14.4. The second-order valence-corrected chi connectivity index (χ2v) is 10.6. The molecule has 7 nitrogen and oxygen atoms in total. The molecule has 0 saturated carbocycles. The van der Waals surface area contributed by atoms with Crippen molar-refractivity contribution in [2.24, 2.45) is 5.92 Å². The van der Waals surface area contributed by atoms with E-state index >= 15 is 0 Å². The number of nitrogens with zero attached hydrogens (tertiary/aromatic N) is 1. The first-order valence-electron chi connectivity index (χ1n) is 13.0. The standard InChI is InChI=1S/C25H39NO6S.C2H6/c1-6-8-18-16-26-10-9-17-13-23(22(29-5)14-19(17)20(26)15-21(18)27)30-11-7-12-31-33-24(28)32-25(2,3)4;1-2/h13-14,18,20-21,27H,6-12,15-16H2,1-5H3;1-2H3. The van der Waals surface area contributed by atoms with Crippen LogP contribution in [0.2, 0.25) is 0 Å². The Morgan fingerprint density at radius 2 is 1.94 bits per heavy atom. The fourth-order valence-electron chi connectivity index (χ4n) is 4.68. The van der Waals surface area contributed by atoms with Crippen LogP contribution < -0.4 is 9.47 Å². The first kappa shape index (κ1) is 29.7. The van der Waals surface area contributed by atoms with Crippen LogP contribution in [0.25, 0.3) is 0 Å². The molecule has 0 spiro atoms. The van der Waals surface area contributed by atoms with Crippen molar-refractivity contribution in [3.63, 3.8) is 0 Å². The van der Waals surface area contributed by atoms with Crippen LogP contribution in [0, 0.1) is 5.92 Å². The molecule has 1 aromatic rings. The Morgan fingerprint density at radius 1 is 1.20 bits per heavy atom. The number of hydrogen-bond donors (Lipinski definition) is 1. The SMILES string of the molecule is CC.CCCC1CN2CCc3cc(OCCCOSC(=O)OC(C)(C)C)c(OC)cc3C2CC1O. The summed E-state index contributed by atoms with van der Waals surface area (Å²) in [6, 6.07) is 4.41. The van der Waals surface area contributed by atoms with Gasteiger partial charge in [-0.2, -0.15) is 0 Å². The van der Waals surface area contributed by atoms with Crippen LogP contribution in [0.5, 0.6) is 11.5 Å². The zero-order chi connectivity index (χ0) is 26.0. The van der Waals surface area contributed by atoms with Crippen molar-refractivity contribution in [1.82, 2.24) is 4.90 Å². The molecular weight excluding hydrogens is 466 g/mol. The summed E-state index contributed by atoms with van der Waals surface area (Å²) in [5.74, 6) is 1.81. The summed E-state index contributed by atoms with van der Waals surface area (Å²) >= 11 is 0.723. The Morgan fingerprint density at radius 3 is 2.60 bits per heavy atom. The smallest absolute Gasteiger partial charge is 0.395 e. The number of hydrogen-bond acceptors (Lipinski definition) is 8. The summed E-state index contributed by atoms with van der Waals surface area (Å²) in [5.41, 5.74) is 1.99. The highest BCUT2D eigenvalue weighted by Gasteiger charge is 2.38. The van der Waals surface area contributed by atoms with Gasteiger partial charge in [0.25, 0.3) is 0 Å². The monoisotopic (exact) mass is 511 g/mol. The van der Waals surface area contributed by atoms with Gasteiger partial charge < -0.3 is 23.5 Å². The van der Waals surface area contributed by atoms with E-state index < -0.39 is 10.9 Å². The van der Waals surface area contributed by atoms with Gasteiger partial charge in [0, 0.05) is 25.6 Å². The number of benzene rings is 1. The van der Waals surface area contributed by atoms with Gasteiger partial charge in [-0.15, -0.1) is 0 Å². The van der Waals surface area contributed by atoms with E-state index in [1.54, 1.807) is 7.11 Å². The molecule has 0 amide bonds. The lowest BCUT2D eigenvalue weighted by Gasteiger charge is -2.46. The lowest BCUT2D eigenvalue weighted by atomic mass is 9.80. The van der Waals surface area contributed by atoms with Gasteiger partial charge in [0.15, 0.2) is 11.5 Å². The van der Waals surface area contributed by atoms with Crippen LogP contribution >= 0.6 is 12.0 Å². The second-order valence-electron chi connectivity index (χ2n) is 9.89. The topological polar surface area (TPSA) is 77.5 Å². The highest BCUT2D eigenvalue weighted by Crippen LogP contribution is 2.43. The van der Waals surface area contributed by atoms with Crippen LogP contribution in [0.1, 0.15) is 84.4 Å². The second kappa shape index (κ2) is 14.3. The van der Waals surface area contributed by atoms with Gasteiger partial charge in [-0.3, -0.25) is 4.90 Å². The number of methoxy groups -OCH3 is 1. The molecule has 3 atom stereocenters. The number of rotatable bonds is 9. The molecule has 2 heterocycles. The molecule has 1 saturated heterocycles. The first-order valence-corrected chi connectivity index (χ1v) is 13.7. The summed E-state index contributed by atoms with van der Waals surface area (Å²) < 4.78 is 22.1. The van der Waals surface area contributed by atoms with Crippen LogP contribution in [0.15, 0.2) is 12.1 Å². The molecule has 1 aromatic carbocycles. The summed E-state index contributed by atoms with van der Waals surface area (Å²) in [5, 5.41) is 10.3. The van der Waals surface area contributed by atoms with Crippen molar-refractivity contribution in [3.05, 3.63) is 23.3 Å². The van der Waals surface area contributed by atoms with Gasteiger partial charge in [-0.05, 0) is 69.2 Å². The summed E-state index contributed by atoms with van der Waals surface area (Å²) in [6.07, 6.45) is 4.31. The van der Waals surface area contributed by atoms with Crippen LogP contribution in [0.3, 0.4) is 0 Å². The maximum absolute atomic E-state index is 11.7. The van der Waals surface area contributed by atoms with E-state index in [1.165, 1.54) is 11.1 Å². The Hall–Kier alpha value is -1.48. The van der Waals surface area contributed by atoms with Crippen molar-refractivity contribution in [3.8, 4) is 11.5 Å². The first-order chi connectivity index (χ1) is 16.7. The zero-order valence-electron chi connectivity index (χ0n) is 22.6. The lowest BCUT2D eigenvalue weighted by molar-refractivity contribution is -0.0152. The number of ether oxygens (including phenoxy) is 3. The van der Waals surface area contributed by atoms with Crippen LogP contribution in [0.4, 0.5) is 4.79 Å². The van der Waals surface area contributed by atoms with Crippen molar-refractivity contribution in [1.29, 1.82) is 0 Å². The van der Waals surface area contributed by atoms with Gasteiger partial charge in [-0.1, -0.05) is 27.2 Å². The molecule has 2 aliphatic rings. The molecule has 0 radical (unpaired) electrons. The summed E-state index contributed by atoms with van der Waals surface area (Å²) in [7, 11) is 1.66.